The quantitative estimate of drug-likeness (QED) is 0.467. The molecule has 0 saturated heterocycles. The van der Waals surface area contributed by atoms with E-state index in [0.29, 0.717) is 10.6 Å². The number of hydrogen-bond acceptors (Lipinski definition) is 3. The Balaban J connectivity index is 2.98. The summed E-state index contributed by atoms with van der Waals surface area (Å²) in [5.74, 6) is -0.467. The first-order chi connectivity index (χ1) is 7.03. The van der Waals surface area contributed by atoms with E-state index < -0.39 is 11.0 Å². The first-order valence-electron chi connectivity index (χ1n) is 4.13. The Morgan fingerprint density at radius 2 is 1.67 bits per heavy atom. The topological polar surface area (TPSA) is 35.5 Å². The van der Waals surface area contributed by atoms with Crippen LogP contribution in [-0.2, 0) is 9.47 Å². The first-order valence-corrected chi connectivity index (χ1v) is 4.88. The molecule has 0 spiro atoms. The molecular weight excluding hydrogens is 239 g/mol. The van der Waals surface area contributed by atoms with Crippen LogP contribution in [0.25, 0.3) is 0 Å². The minimum atomic E-state index is -1.77. The second-order valence-corrected chi connectivity index (χ2v) is 3.71. The Kier molecular flexibility index (Phi) is 4.11. The number of Topliss-reactive ketones (excluding diaryl/α,β-unsaturated/α-hetero) is 1. The summed E-state index contributed by atoms with van der Waals surface area (Å²) < 4.78 is 9.59. The van der Waals surface area contributed by atoms with Crippen LogP contribution in [0, 0.1) is 0 Å². The molecule has 0 atom stereocenters. The molecular formula is C10H10Cl2O3. The van der Waals surface area contributed by atoms with Gasteiger partial charge in [0, 0.05) is 24.8 Å². The van der Waals surface area contributed by atoms with Gasteiger partial charge >= 0.3 is 5.25 Å². The lowest BCUT2D eigenvalue weighted by molar-refractivity contribution is -0.108. The molecule has 0 N–H and O–H groups in total. The largest absolute Gasteiger partial charge is 0.334 e. The minimum Gasteiger partial charge on any atom is -0.334 e. The van der Waals surface area contributed by atoms with Crippen LogP contribution in [-0.4, -0.2) is 25.2 Å². The average molecular weight is 249 g/mol. The number of carbonyl (C=O) groups excluding carboxylic acids is 1. The van der Waals surface area contributed by atoms with Crippen LogP contribution in [0.15, 0.2) is 24.3 Å². The third kappa shape index (κ3) is 2.69. The van der Waals surface area contributed by atoms with Gasteiger partial charge in [0.2, 0.25) is 5.78 Å². The molecule has 3 nitrogen and oxygen atoms in total. The molecule has 0 aliphatic heterocycles. The summed E-state index contributed by atoms with van der Waals surface area (Å²) in [5.41, 5.74) is 0.373. The molecule has 0 saturated carbocycles. The van der Waals surface area contributed by atoms with Crippen LogP contribution < -0.4 is 0 Å². The molecule has 0 amide bonds. The van der Waals surface area contributed by atoms with Crippen molar-refractivity contribution in [3.63, 3.8) is 0 Å². The van der Waals surface area contributed by atoms with Crippen molar-refractivity contribution >= 4 is 29.0 Å². The molecule has 82 valence electrons. The van der Waals surface area contributed by atoms with Crippen molar-refractivity contribution in [3.05, 3.63) is 34.9 Å². The maximum absolute atomic E-state index is 11.8. The van der Waals surface area contributed by atoms with E-state index in [0.717, 1.165) is 0 Å². The summed E-state index contributed by atoms with van der Waals surface area (Å²) in [4.78, 5) is 11.8. The lowest BCUT2D eigenvalue weighted by Gasteiger charge is -2.21. The summed E-state index contributed by atoms with van der Waals surface area (Å²) in [5, 5.41) is -1.23. The molecule has 5 heteroatoms. The van der Waals surface area contributed by atoms with Gasteiger partial charge in [-0.3, -0.25) is 4.79 Å². The summed E-state index contributed by atoms with van der Waals surface area (Å²) in [7, 11) is 2.59. The number of alkyl halides is 1. The molecule has 0 fully saturated rings. The maximum Gasteiger partial charge on any atom is 0.314 e. The van der Waals surface area contributed by atoms with E-state index in [1.54, 1.807) is 24.3 Å². The molecule has 1 aromatic rings. The fraction of sp³-hybridized carbons (Fsp3) is 0.300. The van der Waals surface area contributed by atoms with E-state index in [9.17, 15) is 4.79 Å². The van der Waals surface area contributed by atoms with Gasteiger partial charge in [-0.15, -0.1) is 0 Å². The van der Waals surface area contributed by atoms with E-state index >= 15 is 0 Å². The van der Waals surface area contributed by atoms with Gasteiger partial charge in [0.15, 0.2) is 0 Å². The monoisotopic (exact) mass is 248 g/mol. The number of halogens is 2. The highest BCUT2D eigenvalue weighted by Crippen LogP contribution is 2.23. The van der Waals surface area contributed by atoms with E-state index in [1.807, 2.05) is 0 Å². The number of ether oxygens (including phenoxy) is 2. The van der Waals surface area contributed by atoms with Gasteiger partial charge in [0.25, 0.3) is 0 Å². The number of methoxy groups -OCH3 is 2. The highest BCUT2D eigenvalue weighted by Gasteiger charge is 2.37. The lowest BCUT2D eigenvalue weighted by Crippen LogP contribution is -2.36. The number of benzene rings is 1. The molecule has 0 aromatic heterocycles. The van der Waals surface area contributed by atoms with Gasteiger partial charge in [0.05, 0.1) is 0 Å². The van der Waals surface area contributed by atoms with Crippen molar-refractivity contribution < 1.29 is 14.3 Å². The molecule has 0 bridgehead atoms. The molecule has 0 radical (unpaired) electrons. The van der Waals surface area contributed by atoms with Crippen molar-refractivity contribution in [3.8, 4) is 0 Å². The Morgan fingerprint density at radius 1 is 1.20 bits per heavy atom. The molecule has 1 rings (SSSR count). The van der Waals surface area contributed by atoms with E-state index in [4.69, 9.17) is 32.7 Å². The van der Waals surface area contributed by atoms with Gasteiger partial charge < -0.3 is 9.47 Å². The number of ketones is 1. The number of hydrogen-bond donors (Lipinski definition) is 0. The molecule has 1 aromatic carbocycles. The zero-order valence-corrected chi connectivity index (χ0v) is 9.80. The second-order valence-electron chi connectivity index (χ2n) is 2.78. The van der Waals surface area contributed by atoms with Crippen LogP contribution in [0.5, 0.6) is 0 Å². The third-order valence-electron chi connectivity index (χ3n) is 1.90. The molecule has 0 heterocycles. The van der Waals surface area contributed by atoms with E-state index in [2.05, 4.69) is 0 Å². The highest BCUT2D eigenvalue weighted by atomic mass is 35.5. The minimum absolute atomic E-state index is 0.373. The van der Waals surface area contributed by atoms with Gasteiger partial charge in [0.1, 0.15) is 0 Å². The van der Waals surface area contributed by atoms with Crippen molar-refractivity contribution in [2.45, 2.75) is 5.25 Å². The predicted molar refractivity (Wildman–Crippen MR) is 58.4 cm³/mol. The van der Waals surface area contributed by atoms with Crippen LogP contribution >= 0.6 is 23.2 Å². The zero-order valence-electron chi connectivity index (χ0n) is 8.29. The van der Waals surface area contributed by atoms with E-state index in [1.165, 1.54) is 14.2 Å². The van der Waals surface area contributed by atoms with Gasteiger partial charge in [-0.1, -0.05) is 11.6 Å². The number of carbonyl (C=O) groups is 1. The standard InChI is InChI=1S/C10H10Cl2O3/c1-14-10(12,15-2)9(13)7-3-5-8(11)6-4-7/h3-6H,1-2H3. The lowest BCUT2D eigenvalue weighted by atomic mass is 10.1. The summed E-state index contributed by atoms with van der Waals surface area (Å²) in [6, 6.07) is 6.30. The molecule has 0 aliphatic carbocycles. The third-order valence-corrected chi connectivity index (χ3v) is 2.63. The van der Waals surface area contributed by atoms with Crippen LogP contribution in [0.2, 0.25) is 5.02 Å². The Morgan fingerprint density at radius 3 is 2.07 bits per heavy atom. The second kappa shape index (κ2) is 4.94. The fourth-order valence-electron chi connectivity index (χ4n) is 1.04. The Labute approximate surface area is 97.9 Å². The smallest absolute Gasteiger partial charge is 0.314 e. The van der Waals surface area contributed by atoms with Gasteiger partial charge in [-0.2, -0.15) is 0 Å². The Bertz CT molecular complexity index is 344. The highest BCUT2D eigenvalue weighted by molar-refractivity contribution is 6.35. The van der Waals surface area contributed by atoms with Crippen molar-refractivity contribution in [2.24, 2.45) is 0 Å². The van der Waals surface area contributed by atoms with Crippen LogP contribution in [0.4, 0.5) is 0 Å². The Hall–Kier alpha value is -0.610. The van der Waals surface area contributed by atoms with Gasteiger partial charge in [-0.05, 0) is 35.9 Å². The SMILES string of the molecule is COC(Cl)(OC)C(=O)c1ccc(Cl)cc1. The van der Waals surface area contributed by atoms with Gasteiger partial charge in [-0.25, -0.2) is 0 Å². The van der Waals surface area contributed by atoms with Crippen molar-refractivity contribution in [2.75, 3.05) is 14.2 Å². The normalized spacial score (nSPS) is 11.5. The van der Waals surface area contributed by atoms with Crippen molar-refractivity contribution in [1.82, 2.24) is 0 Å². The average Bonchev–Trinajstić information content (AvgIpc) is 2.28. The summed E-state index contributed by atoms with van der Waals surface area (Å²) >= 11 is 11.5. The summed E-state index contributed by atoms with van der Waals surface area (Å²) in [6.07, 6.45) is 0. The maximum atomic E-state index is 11.8. The fourth-order valence-corrected chi connectivity index (χ4v) is 1.28. The van der Waals surface area contributed by atoms with Crippen LogP contribution in [0.3, 0.4) is 0 Å². The van der Waals surface area contributed by atoms with Crippen LogP contribution in [0.1, 0.15) is 10.4 Å². The van der Waals surface area contributed by atoms with E-state index in [-0.39, 0.29) is 0 Å². The van der Waals surface area contributed by atoms with Crippen molar-refractivity contribution in [1.29, 1.82) is 0 Å². The molecule has 15 heavy (non-hydrogen) atoms. The first kappa shape index (κ1) is 12.5. The summed E-state index contributed by atoms with van der Waals surface area (Å²) in [6.45, 7) is 0. The predicted octanol–water partition coefficient (Wildman–Crippen LogP) is 2.71. The zero-order chi connectivity index (χ0) is 11.5. The number of rotatable bonds is 4. The molecule has 0 aliphatic rings. The molecule has 0 unspecified atom stereocenters.